The Kier molecular flexibility index (Phi) is 7.13. The first kappa shape index (κ1) is 22.6. The van der Waals surface area contributed by atoms with Gasteiger partial charge in [0.1, 0.15) is 5.82 Å². The molecule has 1 saturated heterocycles. The van der Waals surface area contributed by atoms with Gasteiger partial charge in [0.05, 0.1) is 12.0 Å². The fourth-order valence-electron chi connectivity index (χ4n) is 4.40. The van der Waals surface area contributed by atoms with E-state index in [2.05, 4.69) is 16.4 Å². The lowest BCUT2D eigenvalue weighted by Gasteiger charge is -2.39. The molecule has 5 nitrogen and oxygen atoms in total. The molecule has 2 unspecified atom stereocenters. The minimum absolute atomic E-state index is 0.0504. The van der Waals surface area contributed by atoms with E-state index >= 15 is 0 Å². The Morgan fingerprint density at radius 1 is 1.06 bits per heavy atom. The van der Waals surface area contributed by atoms with Crippen molar-refractivity contribution in [2.75, 3.05) is 13.1 Å². The van der Waals surface area contributed by atoms with Crippen molar-refractivity contribution < 1.29 is 14.0 Å². The Balaban J connectivity index is 1.49. The molecule has 170 valence electrons. The summed E-state index contributed by atoms with van der Waals surface area (Å²) in [5.74, 6) is -0.914. The topological polar surface area (TPSA) is 62.3 Å². The van der Waals surface area contributed by atoms with E-state index < -0.39 is 0 Å². The van der Waals surface area contributed by atoms with Crippen molar-refractivity contribution in [3.63, 3.8) is 0 Å². The highest BCUT2D eigenvalue weighted by Crippen LogP contribution is 2.35. The Morgan fingerprint density at radius 2 is 1.88 bits per heavy atom. The molecule has 1 aliphatic heterocycles. The zero-order valence-corrected chi connectivity index (χ0v) is 18.7. The first-order chi connectivity index (χ1) is 16.0. The normalized spacial score (nSPS) is 18.1. The van der Waals surface area contributed by atoms with E-state index in [1.54, 1.807) is 11.1 Å². The van der Waals surface area contributed by atoms with E-state index in [4.69, 9.17) is 0 Å². The van der Waals surface area contributed by atoms with Crippen molar-refractivity contribution in [3.8, 4) is 0 Å². The van der Waals surface area contributed by atoms with Gasteiger partial charge in [0, 0.05) is 37.0 Å². The molecule has 6 heteroatoms. The number of aryl methyl sites for hydroxylation is 1. The van der Waals surface area contributed by atoms with Gasteiger partial charge in [-0.25, -0.2) is 4.39 Å². The molecular weight excluding hydrogens is 417 g/mol. The predicted molar refractivity (Wildman–Crippen MR) is 125 cm³/mol. The number of pyridine rings is 1. The van der Waals surface area contributed by atoms with Crippen molar-refractivity contribution in [3.05, 3.63) is 101 Å². The summed E-state index contributed by atoms with van der Waals surface area (Å²) in [6.45, 7) is 2.85. The van der Waals surface area contributed by atoms with E-state index in [1.165, 1.54) is 24.3 Å². The molecule has 1 N–H and O–H groups in total. The first-order valence-corrected chi connectivity index (χ1v) is 11.3. The molecule has 33 heavy (non-hydrogen) atoms. The second-order valence-electron chi connectivity index (χ2n) is 8.53. The lowest BCUT2D eigenvalue weighted by Crippen LogP contribution is -2.47. The lowest BCUT2D eigenvalue weighted by molar-refractivity contribution is -0.126. The average molecular weight is 446 g/mol. The van der Waals surface area contributed by atoms with Crippen molar-refractivity contribution in [1.29, 1.82) is 0 Å². The fraction of sp³-hybridized carbons (Fsp3) is 0.296. The number of aromatic nitrogens is 1. The molecule has 1 aliphatic rings. The lowest BCUT2D eigenvalue weighted by atomic mass is 9.87. The number of halogens is 1. The molecule has 0 radical (unpaired) electrons. The van der Waals surface area contributed by atoms with Gasteiger partial charge in [0.2, 0.25) is 5.91 Å². The van der Waals surface area contributed by atoms with Gasteiger partial charge < -0.3 is 10.2 Å². The van der Waals surface area contributed by atoms with Crippen LogP contribution in [0.3, 0.4) is 0 Å². The van der Waals surface area contributed by atoms with Gasteiger partial charge in [-0.05, 0) is 61.7 Å². The van der Waals surface area contributed by atoms with Crippen LogP contribution in [0, 0.1) is 18.7 Å². The minimum atomic E-state index is -0.384. The van der Waals surface area contributed by atoms with E-state index in [-0.39, 0.29) is 29.6 Å². The van der Waals surface area contributed by atoms with Gasteiger partial charge in [0.25, 0.3) is 5.91 Å². The highest BCUT2D eigenvalue weighted by Gasteiger charge is 2.36. The number of likely N-dealkylation sites (tertiary alicyclic amines) is 1. The predicted octanol–water partition coefficient (Wildman–Crippen LogP) is 4.48. The molecule has 1 fully saturated rings. The van der Waals surface area contributed by atoms with E-state index in [1.807, 2.05) is 43.3 Å². The average Bonchev–Trinajstić information content (AvgIpc) is 2.84. The van der Waals surface area contributed by atoms with Gasteiger partial charge in [-0.3, -0.25) is 14.6 Å². The second kappa shape index (κ2) is 10.4. The molecule has 0 aliphatic carbocycles. The number of piperidine rings is 1. The number of rotatable bonds is 6. The molecule has 2 aromatic carbocycles. The highest BCUT2D eigenvalue weighted by atomic mass is 19.1. The van der Waals surface area contributed by atoms with Crippen LogP contribution in [0.25, 0.3) is 0 Å². The van der Waals surface area contributed by atoms with Crippen molar-refractivity contribution in [2.24, 2.45) is 5.92 Å². The maximum absolute atomic E-state index is 13.4. The van der Waals surface area contributed by atoms with Crippen LogP contribution in [-0.2, 0) is 11.2 Å². The third kappa shape index (κ3) is 5.64. The number of carbonyl (C=O) groups is 2. The third-order valence-corrected chi connectivity index (χ3v) is 6.14. The number of nitrogens with zero attached hydrogens (tertiary/aromatic N) is 2. The summed E-state index contributed by atoms with van der Waals surface area (Å²) in [5.41, 5.74) is 3.52. The molecule has 2 atom stereocenters. The summed E-state index contributed by atoms with van der Waals surface area (Å²) in [5, 5.41) is 3.00. The monoisotopic (exact) mass is 445 g/mol. The zero-order valence-electron chi connectivity index (χ0n) is 18.7. The Hall–Kier alpha value is -3.54. The molecule has 0 saturated carbocycles. The molecule has 1 aromatic heterocycles. The van der Waals surface area contributed by atoms with Crippen LogP contribution in [0.15, 0.2) is 72.9 Å². The van der Waals surface area contributed by atoms with Crippen molar-refractivity contribution in [2.45, 2.75) is 32.2 Å². The summed E-state index contributed by atoms with van der Waals surface area (Å²) < 4.78 is 13.4. The van der Waals surface area contributed by atoms with E-state index in [0.717, 1.165) is 16.8 Å². The van der Waals surface area contributed by atoms with Crippen molar-refractivity contribution >= 4 is 11.8 Å². The van der Waals surface area contributed by atoms with Crippen LogP contribution in [0.4, 0.5) is 4.39 Å². The summed E-state index contributed by atoms with van der Waals surface area (Å²) in [4.78, 5) is 32.4. The number of hydrogen-bond acceptors (Lipinski definition) is 3. The maximum atomic E-state index is 13.4. The number of nitrogens with one attached hydrogen (secondary N) is 1. The van der Waals surface area contributed by atoms with Crippen LogP contribution >= 0.6 is 0 Å². The van der Waals surface area contributed by atoms with Crippen LogP contribution in [-0.4, -0.2) is 34.8 Å². The van der Waals surface area contributed by atoms with Crippen molar-refractivity contribution in [1.82, 2.24) is 15.2 Å². The number of carbonyl (C=O) groups excluding carboxylic acids is 2. The largest absolute Gasteiger partial charge is 0.355 e. The van der Waals surface area contributed by atoms with Crippen LogP contribution in [0.2, 0.25) is 0 Å². The van der Waals surface area contributed by atoms with E-state index in [9.17, 15) is 14.0 Å². The van der Waals surface area contributed by atoms with Crippen LogP contribution < -0.4 is 5.32 Å². The second-order valence-corrected chi connectivity index (χ2v) is 8.53. The van der Waals surface area contributed by atoms with Gasteiger partial charge in [-0.2, -0.15) is 0 Å². The molecular formula is C27H28FN3O2. The first-order valence-electron chi connectivity index (χ1n) is 11.3. The molecule has 0 spiro atoms. The standard InChI is InChI=1S/C27H28FN3O2/c1-19-5-4-6-21(17-19)25-13-10-22(26(32)30-16-14-24-7-2-3-15-29-24)18-31(25)27(33)20-8-11-23(28)12-9-20/h2-9,11-12,15,17,22,25H,10,13-14,16,18H2,1H3,(H,30,32). The SMILES string of the molecule is Cc1cccc(C2CCC(C(=O)NCCc3ccccn3)CN2C(=O)c2ccc(F)cc2)c1. The Labute approximate surface area is 193 Å². The smallest absolute Gasteiger partial charge is 0.254 e. The summed E-state index contributed by atoms with van der Waals surface area (Å²) in [6, 6.07) is 19.3. The quantitative estimate of drug-likeness (QED) is 0.609. The summed E-state index contributed by atoms with van der Waals surface area (Å²) in [6.07, 6.45) is 3.78. The van der Waals surface area contributed by atoms with Gasteiger partial charge >= 0.3 is 0 Å². The zero-order chi connectivity index (χ0) is 23.2. The minimum Gasteiger partial charge on any atom is -0.355 e. The number of amides is 2. The highest BCUT2D eigenvalue weighted by molar-refractivity contribution is 5.95. The Bertz CT molecular complexity index is 1100. The summed E-state index contributed by atoms with van der Waals surface area (Å²) >= 11 is 0. The summed E-state index contributed by atoms with van der Waals surface area (Å²) in [7, 11) is 0. The molecule has 2 heterocycles. The number of hydrogen-bond donors (Lipinski definition) is 1. The van der Waals surface area contributed by atoms with Crippen LogP contribution in [0.5, 0.6) is 0 Å². The fourth-order valence-corrected chi connectivity index (χ4v) is 4.40. The molecule has 3 aromatic rings. The molecule has 2 amide bonds. The molecule has 4 rings (SSSR count). The maximum Gasteiger partial charge on any atom is 0.254 e. The van der Waals surface area contributed by atoms with E-state index in [0.29, 0.717) is 37.9 Å². The Morgan fingerprint density at radius 3 is 2.61 bits per heavy atom. The number of benzene rings is 2. The third-order valence-electron chi connectivity index (χ3n) is 6.14. The molecule has 0 bridgehead atoms. The van der Waals surface area contributed by atoms with Crippen LogP contribution in [0.1, 0.15) is 46.1 Å². The van der Waals surface area contributed by atoms with Gasteiger partial charge in [0.15, 0.2) is 0 Å². The van der Waals surface area contributed by atoms with Gasteiger partial charge in [-0.15, -0.1) is 0 Å². The van der Waals surface area contributed by atoms with Gasteiger partial charge in [-0.1, -0.05) is 35.9 Å².